The average molecular weight is 285 g/mol. The molecule has 21 heavy (non-hydrogen) atoms. The van der Waals surface area contributed by atoms with Crippen molar-refractivity contribution in [2.24, 2.45) is 0 Å². The maximum atomic E-state index is 12.8. The Kier molecular flexibility index (Phi) is 3.99. The Labute approximate surface area is 124 Å². The second-order valence-corrected chi connectivity index (χ2v) is 5.41. The molecule has 2 aromatic rings. The third-order valence-electron chi connectivity index (χ3n) is 3.86. The monoisotopic (exact) mass is 285 g/mol. The Bertz CT molecular complexity index is 609. The highest BCUT2D eigenvalue weighted by Gasteiger charge is 2.31. The first-order chi connectivity index (χ1) is 10.3. The molecular formula is C16H19N3O2. The number of rotatable bonds is 2. The number of hydrogen-bond donors (Lipinski definition) is 0. The number of aryl methyl sites for hydroxylation is 1. The molecule has 3 rings (SSSR count). The fraction of sp³-hybridized carbons (Fsp3) is 0.438. The first-order valence-corrected chi connectivity index (χ1v) is 7.42. The van der Waals surface area contributed by atoms with Gasteiger partial charge in [0.2, 0.25) is 5.89 Å². The fourth-order valence-electron chi connectivity index (χ4n) is 2.80. The van der Waals surface area contributed by atoms with Crippen molar-refractivity contribution in [3.05, 3.63) is 47.6 Å². The summed E-state index contributed by atoms with van der Waals surface area (Å²) in [5, 5.41) is 3.86. The number of aromatic nitrogens is 2. The van der Waals surface area contributed by atoms with Crippen LogP contribution in [0.5, 0.6) is 0 Å². The van der Waals surface area contributed by atoms with Crippen LogP contribution in [0.15, 0.2) is 34.9 Å². The van der Waals surface area contributed by atoms with E-state index in [1.807, 2.05) is 35.2 Å². The van der Waals surface area contributed by atoms with Crippen molar-refractivity contribution in [2.45, 2.75) is 38.6 Å². The molecule has 0 bridgehead atoms. The van der Waals surface area contributed by atoms with Gasteiger partial charge in [-0.05, 0) is 31.9 Å². The summed E-state index contributed by atoms with van der Waals surface area (Å²) in [5.41, 5.74) is 0.709. The predicted octanol–water partition coefficient (Wildman–Crippen LogP) is 3.14. The minimum absolute atomic E-state index is 0.0401. The summed E-state index contributed by atoms with van der Waals surface area (Å²) in [6.45, 7) is 2.53. The first-order valence-electron chi connectivity index (χ1n) is 7.42. The van der Waals surface area contributed by atoms with Crippen molar-refractivity contribution < 1.29 is 9.32 Å². The smallest absolute Gasteiger partial charge is 0.254 e. The fourth-order valence-corrected chi connectivity index (χ4v) is 2.80. The van der Waals surface area contributed by atoms with Gasteiger partial charge in [0.1, 0.15) is 6.04 Å². The molecule has 1 aliphatic rings. The van der Waals surface area contributed by atoms with Gasteiger partial charge in [0.25, 0.3) is 5.91 Å². The van der Waals surface area contributed by atoms with Crippen LogP contribution < -0.4 is 0 Å². The van der Waals surface area contributed by atoms with Crippen molar-refractivity contribution in [3.63, 3.8) is 0 Å². The number of amides is 1. The van der Waals surface area contributed by atoms with E-state index in [4.69, 9.17) is 4.52 Å². The minimum Gasteiger partial charge on any atom is -0.337 e. The zero-order valence-electron chi connectivity index (χ0n) is 12.2. The summed E-state index contributed by atoms with van der Waals surface area (Å²) in [5.74, 6) is 1.21. The summed E-state index contributed by atoms with van der Waals surface area (Å²) in [7, 11) is 0. The molecule has 5 nitrogen and oxygen atoms in total. The molecule has 1 aromatic heterocycles. The van der Waals surface area contributed by atoms with Crippen LogP contribution in [0.3, 0.4) is 0 Å². The van der Waals surface area contributed by atoms with Crippen LogP contribution in [0.2, 0.25) is 0 Å². The Hall–Kier alpha value is -2.17. The lowest BCUT2D eigenvalue weighted by molar-refractivity contribution is 0.0644. The standard InChI is InChI=1S/C16H19N3O2/c1-12-17-15(21-18-12)14-10-6-3-7-11-19(14)16(20)13-8-4-2-5-9-13/h2,4-5,8-9,14H,3,6-7,10-11H2,1H3. The largest absolute Gasteiger partial charge is 0.337 e. The van der Waals surface area contributed by atoms with E-state index in [1.54, 1.807) is 6.92 Å². The number of benzene rings is 1. The van der Waals surface area contributed by atoms with Crippen molar-refractivity contribution in [1.82, 2.24) is 15.0 Å². The Morgan fingerprint density at radius 2 is 2.05 bits per heavy atom. The molecule has 0 saturated carbocycles. The van der Waals surface area contributed by atoms with Crippen molar-refractivity contribution in [1.29, 1.82) is 0 Å². The molecule has 0 spiro atoms. The maximum absolute atomic E-state index is 12.8. The number of likely N-dealkylation sites (tertiary alicyclic amines) is 1. The van der Waals surface area contributed by atoms with E-state index in [9.17, 15) is 4.79 Å². The zero-order chi connectivity index (χ0) is 14.7. The molecule has 1 unspecified atom stereocenters. The Morgan fingerprint density at radius 1 is 1.24 bits per heavy atom. The molecule has 0 aliphatic carbocycles. The van der Waals surface area contributed by atoms with Gasteiger partial charge in [-0.2, -0.15) is 4.98 Å². The van der Waals surface area contributed by atoms with E-state index in [1.165, 1.54) is 0 Å². The van der Waals surface area contributed by atoms with Crippen molar-refractivity contribution in [3.8, 4) is 0 Å². The lowest BCUT2D eigenvalue weighted by Gasteiger charge is -2.27. The SMILES string of the molecule is Cc1noc(C2CCCCCN2C(=O)c2ccccc2)n1. The summed E-state index contributed by atoms with van der Waals surface area (Å²) in [4.78, 5) is 19.0. The zero-order valence-corrected chi connectivity index (χ0v) is 12.2. The quantitative estimate of drug-likeness (QED) is 0.850. The van der Waals surface area contributed by atoms with Crippen LogP contribution in [0.1, 0.15) is 53.8 Å². The van der Waals surface area contributed by atoms with Crippen LogP contribution in [-0.2, 0) is 0 Å². The summed E-state index contributed by atoms with van der Waals surface area (Å²) >= 11 is 0. The van der Waals surface area contributed by atoms with E-state index in [2.05, 4.69) is 10.1 Å². The van der Waals surface area contributed by atoms with Gasteiger partial charge in [-0.1, -0.05) is 36.2 Å². The number of nitrogens with zero attached hydrogens (tertiary/aromatic N) is 3. The van der Waals surface area contributed by atoms with E-state index < -0.39 is 0 Å². The minimum atomic E-state index is -0.110. The highest BCUT2D eigenvalue weighted by Crippen LogP contribution is 2.30. The molecule has 1 aromatic carbocycles. The third kappa shape index (κ3) is 2.96. The lowest BCUT2D eigenvalue weighted by atomic mass is 10.1. The maximum Gasteiger partial charge on any atom is 0.254 e. The van der Waals surface area contributed by atoms with Gasteiger partial charge in [0.15, 0.2) is 5.82 Å². The number of carbonyl (C=O) groups is 1. The molecular weight excluding hydrogens is 266 g/mol. The molecule has 5 heteroatoms. The van der Waals surface area contributed by atoms with Crippen molar-refractivity contribution >= 4 is 5.91 Å². The van der Waals surface area contributed by atoms with Gasteiger partial charge >= 0.3 is 0 Å². The molecule has 110 valence electrons. The van der Waals surface area contributed by atoms with Crippen molar-refractivity contribution in [2.75, 3.05) is 6.54 Å². The molecule has 1 atom stereocenters. The number of hydrogen-bond acceptors (Lipinski definition) is 4. The predicted molar refractivity (Wildman–Crippen MR) is 77.7 cm³/mol. The van der Waals surface area contributed by atoms with Gasteiger partial charge in [-0.15, -0.1) is 0 Å². The molecule has 1 saturated heterocycles. The van der Waals surface area contributed by atoms with Crippen LogP contribution >= 0.6 is 0 Å². The highest BCUT2D eigenvalue weighted by molar-refractivity contribution is 5.94. The summed E-state index contributed by atoms with van der Waals surface area (Å²) in [6.07, 6.45) is 4.09. The third-order valence-corrected chi connectivity index (χ3v) is 3.86. The second-order valence-electron chi connectivity index (χ2n) is 5.41. The van der Waals surface area contributed by atoms with Crippen LogP contribution in [-0.4, -0.2) is 27.5 Å². The second kappa shape index (κ2) is 6.08. The molecule has 0 N–H and O–H groups in total. The first kappa shape index (κ1) is 13.8. The van der Waals surface area contributed by atoms with Gasteiger partial charge in [-0.3, -0.25) is 4.79 Å². The summed E-state index contributed by atoms with van der Waals surface area (Å²) in [6, 6.07) is 9.28. The van der Waals surface area contributed by atoms with E-state index in [-0.39, 0.29) is 11.9 Å². The lowest BCUT2D eigenvalue weighted by Crippen LogP contribution is -2.35. The van der Waals surface area contributed by atoms with Crippen LogP contribution in [0.4, 0.5) is 0 Å². The van der Waals surface area contributed by atoms with Gasteiger partial charge in [0, 0.05) is 12.1 Å². The van der Waals surface area contributed by atoms with Crippen LogP contribution in [0, 0.1) is 6.92 Å². The van der Waals surface area contributed by atoms with E-state index in [0.717, 1.165) is 32.2 Å². The van der Waals surface area contributed by atoms with Gasteiger partial charge in [-0.25, -0.2) is 0 Å². The topological polar surface area (TPSA) is 59.2 Å². The Balaban J connectivity index is 1.90. The number of carbonyl (C=O) groups excluding carboxylic acids is 1. The normalized spacial score (nSPS) is 19.3. The molecule has 1 aliphatic heterocycles. The molecule has 2 heterocycles. The average Bonchev–Trinajstić information content (AvgIpc) is 2.80. The van der Waals surface area contributed by atoms with Crippen LogP contribution in [0.25, 0.3) is 0 Å². The Morgan fingerprint density at radius 3 is 2.76 bits per heavy atom. The van der Waals surface area contributed by atoms with E-state index >= 15 is 0 Å². The molecule has 1 fully saturated rings. The van der Waals surface area contributed by atoms with Gasteiger partial charge < -0.3 is 9.42 Å². The van der Waals surface area contributed by atoms with E-state index in [0.29, 0.717) is 17.3 Å². The molecule has 1 amide bonds. The highest BCUT2D eigenvalue weighted by atomic mass is 16.5. The molecule has 0 radical (unpaired) electrons. The summed E-state index contributed by atoms with van der Waals surface area (Å²) < 4.78 is 5.32. The van der Waals surface area contributed by atoms with Gasteiger partial charge in [0.05, 0.1) is 0 Å².